The van der Waals surface area contributed by atoms with E-state index in [1.165, 1.54) is 4.90 Å². The fraction of sp³-hybridized carbons (Fsp3) is 0.333. The number of hydrogen-bond acceptors (Lipinski definition) is 6. The standard InChI is InChI=1S/C12H13N5O3/c18-9-5-17(6-10(9)19)12(20)8-3-1-2-7(4-8)11-13-15-16-14-11/h1-4,9-10,18-19H,5-6H2,(H,13,14,15,16)/t9-,10+. The molecule has 1 saturated heterocycles. The number of likely N-dealkylation sites (tertiary alicyclic amines) is 1. The highest BCUT2D eigenvalue weighted by atomic mass is 16.3. The Labute approximate surface area is 114 Å². The van der Waals surface area contributed by atoms with Gasteiger partial charge in [-0.15, -0.1) is 10.2 Å². The molecule has 1 aromatic heterocycles. The van der Waals surface area contributed by atoms with Gasteiger partial charge in [-0.05, 0) is 17.3 Å². The van der Waals surface area contributed by atoms with Gasteiger partial charge in [-0.1, -0.05) is 12.1 Å². The maximum atomic E-state index is 12.3. The van der Waals surface area contributed by atoms with Gasteiger partial charge in [0.15, 0.2) is 0 Å². The summed E-state index contributed by atoms with van der Waals surface area (Å²) >= 11 is 0. The van der Waals surface area contributed by atoms with Gasteiger partial charge in [0.25, 0.3) is 5.91 Å². The number of aliphatic hydroxyl groups excluding tert-OH is 2. The number of rotatable bonds is 2. The summed E-state index contributed by atoms with van der Waals surface area (Å²) in [6.45, 7) is 0.263. The number of H-pyrrole nitrogens is 1. The van der Waals surface area contributed by atoms with Crippen LogP contribution in [0.2, 0.25) is 0 Å². The third-order valence-corrected chi connectivity index (χ3v) is 3.26. The molecule has 1 fully saturated rings. The number of nitrogens with one attached hydrogen (secondary N) is 1. The number of aromatic nitrogens is 4. The van der Waals surface area contributed by atoms with E-state index >= 15 is 0 Å². The van der Waals surface area contributed by atoms with Crippen molar-refractivity contribution in [2.75, 3.05) is 13.1 Å². The van der Waals surface area contributed by atoms with Crippen LogP contribution in [0.1, 0.15) is 10.4 Å². The Kier molecular flexibility index (Phi) is 3.17. The number of carbonyl (C=O) groups excluding carboxylic acids is 1. The molecule has 0 radical (unpaired) electrons. The van der Waals surface area contributed by atoms with Crippen LogP contribution >= 0.6 is 0 Å². The third-order valence-electron chi connectivity index (χ3n) is 3.26. The summed E-state index contributed by atoms with van der Waals surface area (Å²) in [5.41, 5.74) is 1.12. The first-order chi connectivity index (χ1) is 9.65. The van der Waals surface area contributed by atoms with E-state index in [2.05, 4.69) is 20.6 Å². The minimum Gasteiger partial charge on any atom is -0.388 e. The first-order valence-corrected chi connectivity index (χ1v) is 6.14. The molecule has 0 bridgehead atoms. The number of tetrazole rings is 1. The van der Waals surface area contributed by atoms with E-state index < -0.39 is 12.2 Å². The number of aromatic amines is 1. The Morgan fingerprint density at radius 1 is 1.30 bits per heavy atom. The predicted octanol–water partition coefficient (Wildman–Crippen LogP) is -0.956. The number of benzene rings is 1. The topological polar surface area (TPSA) is 115 Å². The third kappa shape index (κ3) is 2.26. The van der Waals surface area contributed by atoms with Crippen molar-refractivity contribution in [1.29, 1.82) is 0 Å². The van der Waals surface area contributed by atoms with Gasteiger partial charge < -0.3 is 15.1 Å². The van der Waals surface area contributed by atoms with Crippen molar-refractivity contribution in [3.63, 3.8) is 0 Å². The lowest BCUT2D eigenvalue weighted by Crippen LogP contribution is -2.29. The van der Waals surface area contributed by atoms with E-state index in [1.54, 1.807) is 24.3 Å². The molecular weight excluding hydrogens is 262 g/mol. The van der Waals surface area contributed by atoms with E-state index in [0.717, 1.165) is 0 Å². The minimum atomic E-state index is -0.890. The number of amides is 1. The SMILES string of the molecule is O=C(c1cccc(-c2nn[nH]n2)c1)N1C[C@@H](O)[C@@H](O)C1. The zero-order valence-electron chi connectivity index (χ0n) is 10.5. The van der Waals surface area contributed by atoms with E-state index in [4.69, 9.17) is 0 Å². The predicted molar refractivity (Wildman–Crippen MR) is 67.5 cm³/mol. The Morgan fingerprint density at radius 2 is 2.05 bits per heavy atom. The summed E-state index contributed by atoms with van der Waals surface area (Å²) < 4.78 is 0. The van der Waals surface area contributed by atoms with Gasteiger partial charge >= 0.3 is 0 Å². The summed E-state index contributed by atoms with van der Waals surface area (Å²) in [7, 11) is 0. The smallest absolute Gasteiger partial charge is 0.254 e. The van der Waals surface area contributed by atoms with Crippen LogP contribution < -0.4 is 0 Å². The second kappa shape index (κ2) is 4.99. The van der Waals surface area contributed by atoms with Crippen LogP contribution in [0.4, 0.5) is 0 Å². The zero-order valence-corrected chi connectivity index (χ0v) is 10.5. The molecule has 1 aliphatic rings. The van der Waals surface area contributed by atoms with Gasteiger partial charge in [0.1, 0.15) is 0 Å². The van der Waals surface area contributed by atoms with Crippen LogP contribution in [0.15, 0.2) is 24.3 Å². The molecule has 0 saturated carbocycles. The molecule has 1 aromatic carbocycles. The van der Waals surface area contributed by atoms with Crippen LogP contribution in [-0.4, -0.2) is 66.9 Å². The number of nitrogens with zero attached hydrogens (tertiary/aromatic N) is 4. The maximum absolute atomic E-state index is 12.3. The molecule has 1 aliphatic heterocycles. The molecule has 0 unspecified atom stereocenters. The molecule has 1 amide bonds. The van der Waals surface area contributed by atoms with Gasteiger partial charge in [-0.2, -0.15) is 5.21 Å². The number of carbonyl (C=O) groups is 1. The summed E-state index contributed by atoms with van der Waals surface area (Å²) in [4.78, 5) is 13.7. The number of β-amino-alcohol motifs (C(OH)–C–C–N with tert-alkyl or cyclic N) is 2. The van der Waals surface area contributed by atoms with E-state index in [0.29, 0.717) is 17.0 Å². The highest BCUT2D eigenvalue weighted by Gasteiger charge is 2.32. The molecule has 0 spiro atoms. The Hall–Kier alpha value is -2.32. The monoisotopic (exact) mass is 275 g/mol. The lowest BCUT2D eigenvalue weighted by atomic mass is 10.1. The number of hydrogen-bond donors (Lipinski definition) is 3. The van der Waals surface area contributed by atoms with Crippen LogP contribution in [0.5, 0.6) is 0 Å². The molecule has 2 aromatic rings. The molecule has 104 valence electrons. The Morgan fingerprint density at radius 3 is 2.70 bits per heavy atom. The molecule has 8 nitrogen and oxygen atoms in total. The largest absolute Gasteiger partial charge is 0.388 e. The van der Waals surface area contributed by atoms with Gasteiger partial charge in [0, 0.05) is 24.2 Å². The van der Waals surface area contributed by atoms with E-state index in [-0.39, 0.29) is 19.0 Å². The molecule has 20 heavy (non-hydrogen) atoms. The van der Waals surface area contributed by atoms with Crippen LogP contribution in [-0.2, 0) is 0 Å². The van der Waals surface area contributed by atoms with Gasteiger partial charge in [0.2, 0.25) is 5.82 Å². The van der Waals surface area contributed by atoms with Gasteiger partial charge in [-0.25, -0.2) is 0 Å². The van der Waals surface area contributed by atoms with Crippen LogP contribution in [0.25, 0.3) is 11.4 Å². The highest BCUT2D eigenvalue weighted by molar-refractivity contribution is 5.95. The van der Waals surface area contributed by atoms with Crippen molar-refractivity contribution < 1.29 is 15.0 Å². The molecule has 2 atom stereocenters. The lowest BCUT2D eigenvalue weighted by molar-refractivity contribution is 0.0572. The summed E-state index contributed by atoms with van der Waals surface area (Å²) in [5, 5.41) is 32.5. The maximum Gasteiger partial charge on any atom is 0.254 e. The second-order valence-electron chi connectivity index (χ2n) is 4.66. The zero-order chi connectivity index (χ0) is 14.1. The van der Waals surface area contributed by atoms with E-state index in [9.17, 15) is 15.0 Å². The Bertz CT molecular complexity index is 605. The number of aliphatic hydroxyl groups is 2. The van der Waals surface area contributed by atoms with Crippen molar-refractivity contribution in [1.82, 2.24) is 25.5 Å². The molecule has 2 heterocycles. The van der Waals surface area contributed by atoms with Crippen molar-refractivity contribution in [3.8, 4) is 11.4 Å². The van der Waals surface area contributed by atoms with Crippen molar-refractivity contribution in [3.05, 3.63) is 29.8 Å². The molecule has 8 heteroatoms. The second-order valence-corrected chi connectivity index (χ2v) is 4.66. The van der Waals surface area contributed by atoms with Crippen molar-refractivity contribution in [2.45, 2.75) is 12.2 Å². The summed E-state index contributed by atoms with van der Waals surface area (Å²) in [6, 6.07) is 6.82. The first kappa shape index (κ1) is 12.7. The minimum absolute atomic E-state index is 0.131. The van der Waals surface area contributed by atoms with Crippen molar-refractivity contribution >= 4 is 5.91 Å². The normalized spacial score (nSPS) is 22.2. The van der Waals surface area contributed by atoms with Crippen LogP contribution in [0, 0.1) is 0 Å². The van der Waals surface area contributed by atoms with Gasteiger partial charge in [-0.3, -0.25) is 4.79 Å². The fourth-order valence-electron chi connectivity index (χ4n) is 2.19. The molecular formula is C12H13N5O3. The Balaban J connectivity index is 1.84. The van der Waals surface area contributed by atoms with Gasteiger partial charge in [0.05, 0.1) is 12.2 Å². The first-order valence-electron chi connectivity index (χ1n) is 6.14. The average Bonchev–Trinajstić information content (AvgIpc) is 3.09. The van der Waals surface area contributed by atoms with Crippen molar-refractivity contribution in [2.24, 2.45) is 0 Å². The average molecular weight is 275 g/mol. The molecule has 0 aliphatic carbocycles. The fourth-order valence-corrected chi connectivity index (χ4v) is 2.19. The lowest BCUT2D eigenvalue weighted by Gasteiger charge is -2.15. The summed E-state index contributed by atoms with van der Waals surface area (Å²) in [6.07, 6.45) is -1.78. The summed E-state index contributed by atoms with van der Waals surface area (Å²) in [5.74, 6) is 0.159. The molecule has 3 rings (SSSR count). The molecule has 3 N–H and O–H groups in total. The van der Waals surface area contributed by atoms with E-state index in [1.807, 2.05) is 0 Å². The quantitative estimate of drug-likeness (QED) is 0.650. The van der Waals surface area contributed by atoms with Crippen LogP contribution in [0.3, 0.4) is 0 Å². The highest BCUT2D eigenvalue weighted by Crippen LogP contribution is 2.18.